The molecule has 0 radical (unpaired) electrons. The maximum absolute atomic E-state index is 11.5. The lowest BCUT2D eigenvalue weighted by molar-refractivity contribution is -0.124. The Labute approximate surface area is 175 Å². The SMILES string of the molecule is CC(C)C(=O)NCCOc1ccc(C2=NN=C(Cc3ccc4[nH]ncc4c3)C2)cc1. The van der Waals surface area contributed by atoms with Gasteiger partial charge in [-0.3, -0.25) is 9.89 Å². The van der Waals surface area contributed by atoms with E-state index in [-0.39, 0.29) is 11.8 Å². The van der Waals surface area contributed by atoms with E-state index >= 15 is 0 Å². The Kier molecular flexibility index (Phi) is 5.88. The highest BCUT2D eigenvalue weighted by Gasteiger charge is 2.15. The van der Waals surface area contributed by atoms with Crippen LogP contribution in [0.25, 0.3) is 10.9 Å². The molecule has 3 aromatic rings. The molecular weight excluding hydrogens is 378 g/mol. The van der Waals surface area contributed by atoms with Crippen LogP contribution in [0.15, 0.2) is 58.9 Å². The van der Waals surface area contributed by atoms with Gasteiger partial charge in [0.25, 0.3) is 0 Å². The molecule has 0 spiro atoms. The molecule has 1 aliphatic rings. The van der Waals surface area contributed by atoms with Gasteiger partial charge in [-0.2, -0.15) is 15.3 Å². The molecule has 7 nitrogen and oxygen atoms in total. The highest BCUT2D eigenvalue weighted by atomic mass is 16.5. The average molecular weight is 403 g/mol. The van der Waals surface area contributed by atoms with Crippen molar-refractivity contribution in [2.45, 2.75) is 26.7 Å². The fourth-order valence-corrected chi connectivity index (χ4v) is 3.28. The number of ether oxygens (including phenoxy) is 1. The predicted molar refractivity (Wildman–Crippen MR) is 118 cm³/mol. The van der Waals surface area contributed by atoms with Crippen LogP contribution in [0.1, 0.15) is 31.4 Å². The molecule has 4 rings (SSSR count). The number of nitrogens with one attached hydrogen (secondary N) is 2. The van der Waals surface area contributed by atoms with Gasteiger partial charge in [-0.1, -0.05) is 19.9 Å². The van der Waals surface area contributed by atoms with Crippen molar-refractivity contribution in [2.24, 2.45) is 16.1 Å². The van der Waals surface area contributed by atoms with E-state index < -0.39 is 0 Å². The topological polar surface area (TPSA) is 91.7 Å². The first-order valence-corrected chi connectivity index (χ1v) is 10.1. The van der Waals surface area contributed by atoms with Crippen LogP contribution in [0.4, 0.5) is 0 Å². The summed E-state index contributed by atoms with van der Waals surface area (Å²) in [4.78, 5) is 11.5. The molecule has 0 atom stereocenters. The summed E-state index contributed by atoms with van der Waals surface area (Å²) < 4.78 is 5.69. The van der Waals surface area contributed by atoms with Crippen molar-refractivity contribution in [2.75, 3.05) is 13.2 Å². The summed E-state index contributed by atoms with van der Waals surface area (Å²) in [6.45, 7) is 4.67. The third kappa shape index (κ3) is 4.74. The molecule has 0 saturated carbocycles. The third-order valence-electron chi connectivity index (χ3n) is 4.98. The van der Waals surface area contributed by atoms with Crippen molar-refractivity contribution >= 4 is 28.2 Å². The lowest BCUT2D eigenvalue weighted by Crippen LogP contribution is -2.31. The minimum absolute atomic E-state index is 0.0165. The van der Waals surface area contributed by atoms with E-state index in [1.54, 1.807) is 0 Å². The van der Waals surface area contributed by atoms with Crippen LogP contribution in [-0.2, 0) is 11.2 Å². The Balaban J connectivity index is 1.26. The Hall–Kier alpha value is -3.48. The Bertz CT molecular complexity index is 1100. The Morgan fingerprint density at radius 2 is 2.00 bits per heavy atom. The number of amides is 1. The monoisotopic (exact) mass is 403 g/mol. The summed E-state index contributed by atoms with van der Waals surface area (Å²) in [5.74, 6) is 0.788. The second-order valence-electron chi connectivity index (χ2n) is 7.68. The zero-order chi connectivity index (χ0) is 20.9. The summed E-state index contributed by atoms with van der Waals surface area (Å²) in [6, 6.07) is 14.1. The summed E-state index contributed by atoms with van der Waals surface area (Å²) in [7, 11) is 0. The minimum Gasteiger partial charge on any atom is -0.492 e. The van der Waals surface area contributed by atoms with Crippen LogP contribution in [-0.4, -0.2) is 40.7 Å². The molecule has 1 aliphatic heterocycles. The van der Waals surface area contributed by atoms with Crippen molar-refractivity contribution in [1.29, 1.82) is 0 Å². The molecule has 0 fully saturated rings. The van der Waals surface area contributed by atoms with Gasteiger partial charge in [-0.25, -0.2) is 0 Å². The Morgan fingerprint density at radius 3 is 2.80 bits per heavy atom. The van der Waals surface area contributed by atoms with Gasteiger partial charge in [0, 0.05) is 24.1 Å². The molecule has 0 unspecified atom stereocenters. The number of aromatic nitrogens is 2. The summed E-state index contributed by atoms with van der Waals surface area (Å²) >= 11 is 0. The number of carbonyl (C=O) groups is 1. The van der Waals surface area contributed by atoms with Crippen molar-refractivity contribution < 1.29 is 9.53 Å². The first-order valence-electron chi connectivity index (χ1n) is 10.1. The molecule has 2 aromatic carbocycles. The van der Waals surface area contributed by atoms with E-state index in [1.165, 1.54) is 5.56 Å². The lowest BCUT2D eigenvalue weighted by atomic mass is 10.0. The average Bonchev–Trinajstić information content (AvgIpc) is 3.40. The van der Waals surface area contributed by atoms with Crippen LogP contribution < -0.4 is 10.1 Å². The molecule has 1 amide bonds. The number of rotatable bonds is 8. The van der Waals surface area contributed by atoms with Gasteiger partial charge >= 0.3 is 0 Å². The maximum atomic E-state index is 11.5. The Morgan fingerprint density at radius 1 is 1.17 bits per heavy atom. The summed E-state index contributed by atoms with van der Waals surface area (Å²) in [6.07, 6.45) is 3.35. The number of hydrogen-bond donors (Lipinski definition) is 2. The standard InChI is InChI=1S/C23H25N5O2/c1-15(2)23(29)24-9-10-30-20-6-4-17(5-7-20)22-13-19(26-28-22)12-16-3-8-21-18(11-16)14-25-27-21/h3-8,11,14-15H,9-10,12-13H2,1-2H3,(H,24,29)(H,25,27). The zero-order valence-electron chi connectivity index (χ0n) is 17.2. The zero-order valence-corrected chi connectivity index (χ0v) is 17.2. The summed E-state index contributed by atoms with van der Waals surface area (Å²) in [5, 5.41) is 19.7. The largest absolute Gasteiger partial charge is 0.492 e. The van der Waals surface area contributed by atoms with E-state index in [1.807, 2.05) is 50.4 Å². The van der Waals surface area contributed by atoms with E-state index in [4.69, 9.17) is 4.74 Å². The predicted octanol–water partition coefficient (Wildman–Crippen LogP) is 3.51. The van der Waals surface area contributed by atoms with Crippen LogP contribution in [0.2, 0.25) is 0 Å². The third-order valence-corrected chi connectivity index (χ3v) is 4.98. The molecular formula is C23H25N5O2. The molecule has 2 heterocycles. The highest BCUT2D eigenvalue weighted by molar-refractivity contribution is 6.15. The maximum Gasteiger partial charge on any atom is 0.222 e. The highest BCUT2D eigenvalue weighted by Crippen LogP contribution is 2.19. The van der Waals surface area contributed by atoms with Crippen molar-refractivity contribution in [3.63, 3.8) is 0 Å². The fraction of sp³-hybridized carbons (Fsp3) is 0.304. The molecule has 30 heavy (non-hydrogen) atoms. The first kappa shape index (κ1) is 19.8. The van der Waals surface area contributed by atoms with E-state index in [2.05, 4.69) is 37.8 Å². The molecule has 0 aliphatic carbocycles. The van der Waals surface area contributed by atoms with Crippen LogP contribution >= 0.6 is 0 Å². The number of H-pyrrole nitrogens is 1. The van der Waals surface area contributed by atoms with Crippen molar-refractivity contribution in [3.05, 3.63) is 59.8 Å². The van der Waals surface area contributed by atoms with Crippen LogP contribution in [0.5, 0.6) is 5.75 Å². The molecule has 7 heteroatoms. The van der Waals surface area contributed by atoms with Gasteiger partial charge in [0.05, 0.1) is 29.7 Å². The lowest BCUT2D eigenvalue weighted by Gasteiger charge is -2.10. The number of fused-ring (bicyclic) bond motifs is 1. The van der Waals surface area contributed by atoms with Gasteiger partial charge in [-0.15, -0.1) is 0 Å². The van der Waals surface area contributed by atoms with Gasteiger partial charge < -0.3 is 10.1 Å². The van der Waals surface area contributed by atoms with Gasteiger partial charge in [0.2, 0.25) is 5.91 Å². The molecule has 0 saturated heterocycles. The molecule has 1 aromatic heterocycles. The number of hydrogen-bond acceptors (Lipinski definition) is 5. The number of benzene rings is 2. The minimum atomic E-state index is -0.0165. The van der Waals surface area contributed by atoms with Gasteiger partial charge in [0.15, 0.2) is 0 Å². The van der Waals surface area contributed by atoms with E-state index in [0.717, 1.165) is 46.5 Å². The van der Waals surface area contributed by atoms with Crippen LogP contribution in [0, 0.1) is 5.92 Å². The number of aromatic amines is 1. The molecule has 154 valence electrons. The van der Waals surface area contributed by atoms with Crippen LogP contribution in [0.3, 0.4) is 0 Å². The summed E-state index contributed by atoms with van der Waals surface area (Å²) in [5.41, 5.74) is 5.29. The molecule has 0 bridgehead atoms. The first-order chi connectivity index (χ1) is 14.6. The second kappa shape index (κ2) is 8.90. The van der Waals surface area contributed by atoms with Crippen molar-refractivity contribution in [3.8, 4) is 5.75 Å². The fourth-order valence-electron chi connectivity index (χ4n) is 3.28. The quantitative estimate of drug-likeness (QED) is 0.564. The van der Waals surface area contributed by atoms with E-state index in [0.29, 0.717) is 13.2 Å². The smallest absolute Gasteiger partial charge is 0.222 e. The van der Waals surface area contributed by atoms with Gasteiger partial charge in [0.1, 0.15) is 12.4 Å². The van der Waals surface area contributed by atoms with Gasteiger partial charge in [-0.05, 0) is 47.5 Å². The van der Waals surface area contributed by atoms with Crippen molar-refractivity contribution in [1.82, 2.24) is 15.5 Å². The second-order valence-corrected chi connectivity index (χ2v) is 7.68. The molecule has 2 N–H and O–H groups in total. The number of nitrogens with zero attached hydrogens (tertiary/aromatic N) is 3. The normalized spacial score (nSPS) is 13.4. The number of carbonyl (C=O) groups excluding carboxylic acids is 1. The van der Waals surface area contributed by atoms with E-state index in [9.17, 15) is 4.79 Å².